The summed E-state index contributed by atoms with van der Waals surface area (Å²) >= 11 is 11.9. The summed E-state index contributed by atoms with van der Waals surface area (Å²) in [7, 11) is 0. The number of nitrogens with zero attached hydrogens (tertiary/aromatic N) is 1. The second-order valence-electron chi connectivity index (χ2n) is 6.53. The van der Waals surface area contributed by atoms with Gasteiger partial charge in [0.25, 0.3) is 5.91 Å². The van der Waals surface area contributed by atoms with Crippen molar-refractivity contribution >= 4 is 46.4 Å². The number of amides is 1. The molecular formula is C18H20Cl2FN5O. The maximum Gasteiger partial charge on any atom is 0.252 e. The number of benzene rings is 1. The molecule has 1 fully saturated rings. The molecule has 1 aliphatic rings. The third-order valence-electron chi connectivity index (χ3n) is 4.57. The van der Waals surface area contributed by atoms with E-state index in [4.69, 9.17) is 34.7 Å². The van der Waals surface area contributed by atoms with Crippen molar-refractivity contribution in [3.63, 3.8) is 0 Å². The van der Waals surface area contributed by atoms with Crippen LogP contribution in [0, 0.1) is 5.82 Å². The average Bonchev–Trinajstić information content (AvgIpc) is 2.62. The van der Waals surface area contributed by atoms with Gasteiger partial charge in [-0.05, 0) is 37.1 Å². The molecule has 144 valence electrons. The number of halogens is 3. The first-order valence-electron chi connectivity index (χ1n) is 8.59. The Morgan fingerprint density at radius 2 is 1.89 bits per heavy atom. The van der Waals surface area contributed by atoms with Gasteiger partial charge < -0.3 is 22.1 Å². The molecule has 2 aromatic rings. The van der Waals surface area contributed by atoms with Crippen LogP contribution in [-0.4, -0.2) is 23.0 Å². The lowest BCUT2D eigenvalue weighted by atomic mass is 9.91. The van der Waals surface area contributed by atoms with E-state index in [1.807, 2.05) is 0 Å². The quantitative estimate of drug-likeness (QED) is 0.593. The third-order valence-corrected chi connectivity index (χ3v) is 5.30. The molecule has 1 aliphatic carbocycles. The van der Waals surface area contributed by atoms with E-state index in [2.05, 4.69) is 15.6 Å². The molecule has 3 rings (SSSR count). The van der Waals surface area contributed by atoms with E-state index in [-0.39, 0.29) is 29.3 Å². The predicted molar refractivity (Wildman–Crippen MR) is 106 cm³/mol. The maximum absolute atomic E-state index is 14.5. The van der Waals surface area contributed by atoms with Gasteiger partial charge in [0.15, 0.2) is 11.6 Å². The minimum absolute atomic E-state index is 0.0184. The van der Waals surface area contributed by atoms with Crippen LogP contribution in [0.4, 0.5) is 21.7 Å². The van der Waals surface area contributed by atoms with Gasteiger partial charge >= 0.3 is 0 Å². The number of nitrogens with one attached hydrogen (secondary N) is 2. The minimum Gasteiger partial charge on any atom is -0.365 e. The van der Waals surface area contributed by atoms with Crippen LogP contribution in [-0.2, 0) is 0 Å². The van der Waals surface area contributed by atoms with Gasteiger partial charge in [-0.1, -0.05) is 36.0 Å². The van der Waals surface area contributed by atoms with E-state index in [0.29, 0.717) is 15.7 Å². The van der Waals surface area contributed by atoms with Crippen molar-refractivity contribution in [2.75, 3.05) is 10.6 Å². The zero-order valence-electron chi connectivity index (χ0n) is 14.4. The second kappa shape index (κ2) is 8.29. The first-order valence-corrected chi connectivity index (χ1v) is 9.35. The van der Waals surface area contributed by atoms with Gasteiger partial charge in [0, 0.05) is 17.8 Å². The molecule has 1 saturated carbocycles. The minimum atomic E-state index is -0.801. The monoisotopic (exact) mass is 411 g/mol. The highest BCUT2D eigenvalue weighted by Gasteiger charge is 2.24. The van der Waals surface area contributed by atoms with Gasteiger partial charge in [0.2, 0.25) is 0 Å². The van der Waals surface area contributed by atoms with Gasteiger partial charge in [0.1, 0.15) is 5.82 Å². The number of hydrogen-bond acceptors (Lipinski definition) is 5. The highest BCUT2D eigenvalue weighted by Crippen LogP contribution is 2.29. The summed E-state index contributed by atoms with van der Waals surface area (Å²) in [6, 6.07) is 5.73. The first-order chi connectivity index (χ1) is 12.8. The number of primary amides is 1. The Morgan fingerprint density at radius 3 is 2.56 bits per heavy atom. The van der Waals surface area contributed by atoms with Gasteiger partial charge in [0.05, 0.1) is 15.6 Å². The van der Waals surface area contributed by atoms with E-state index >= 15 is 0 Å². The number of hydrogen-bond donors (Lipinski definition) is 4. The lowest BCUT2D eigenvalue weighted by Crippen LogP contribution is -2.43. The van der Waals surface area contributed by atoms with Gasteiger partial charge in [-0.2, -0.15) is 0 Å². The Kier molecular flexibility index (Phi) is 6.04. The molecule has 1 aromatic heterocycles. The zero-order valence-corrected chi connectivity index (χ0v) is 15.9. The molecule has 0 saturated heterocycles. The first kappa shape index (κ1) is 19.7. The lowest BCUT2D eigenvalue weighted by Gasteiger charge is -2.30. The number of carbonyl (C=O) groups is 1. The largest absolute Gasteiger partial charge is 0.365 e. The Morgan fingerprint density at radius 1 is 1.15 bits per heavy atom. The summed E-state index contributed by atoms with van der Waals surface area (Å²) < 4.78 is 14.5. The molecule has 2 unspecified atom stereocenters. The van der Waals surface area contributed by atoms with Crippen molar-refractivity contribution in [1.82, 2.24) is 4.98 Å². The fraction of sp³-hybridized carbons (Fsp3) is 0.333. The summed E-state index contributed by atoms with van der Waals surface area (Å²) in [6.45, 7) is 0. The summed E-state index contributed by atoms with van der Waals surface area (Å²) in [4.78, 5) is 16.0. The normalized spacial score (nSPS) is 19.6. The average molecular weight is 412 g/mol. The van der Waals surface area contributed by atoms with E-state index < -0.39 is 11.7 Å². The van der Waals surface area contributed by atoms with Crippen molar-refractivity contribution in [2.45, 2.75) is 37.8 Å². The molecule has 2 atom stereocenters. The smallest absolute Gasteiger partial charge is 0.252 e. The van der Waals surface area contributed by atoms with Crippen molar-refractivity contribution in [1.29, 1.82) is 0 Å². The topological polar surface area (TPSA) is 106 Å². The molecule has 1 amide bonds. The summed E-state index contributed by atoms with van der Waals surface area (Å²) in [6.07, 6.45) is 3.77. The molecule has 0 bridgehead atoms. The molecule has 0 radical (unpaired) electrons. The molecule has 9 heteroatoms. The number of rotatable bonds is 5. The Bertz CT molecular complexity index is 864. The van der Waals surface area contributed by atoms with E-state index in [0.717, 1.165) is 31.7 Å². The van der Waals surface area contributed by atoms with Crippen molar-refractivity contribution in [3.05, 3.63) is 45.7 Å². The zero-order chi connectivity index (χ0) is 19.6. The van der Waals surface area contributed by atoms with Crippen LogP contribution in [0.2, 0.25) is 10.0 Å². The van der Waals surface area contributed by atoms with Gasteiger partial charge in [-0.15, -0.1) is 0 Å². The number of carbonyl (C=O) groups excluding carboxylic acids is 1. The number of anilines is 3. The fourth-order valence-corrected chi connectivity index (χ4v) is 3.40. The van der Waals surface area contributed by atoms with Crippen LogP contribution >= 0.6 is 23.2 Å². The standard InChI is InChI=1S/C18H20Cl2FN5O/c19-11-6-5-9(7-12(11)20)24-17-10(16(23)27)8-13(21)18(26-17)25-15-4-2-1-3-14(15)22/h5-8,14-15H,1-4,22H2,(H2,23,27)(H2,24,25,26). The molecule has 0 aliphatic heterocycles. The van der Waals surface area contributed by atoms with Crippen molar-refractivity contribution < 1.29 is 9.18 Å². The molecule has 27 heavy (non-hydrogen) atoms. The van der Waals surface area contributed by atoms with Gasteiger partial charge in [-0.3, -0.25) is 4.79 Å². The molecule has 0 spiro atoms. The fourth-order valence-electron chi connectivity index (χ4n) is 3.10. The van der Waals surface area contributed by atoms with Crippen LogP contribution in [0.5, 0.6) is 0 Å². The third kappa shape index (κ3) is 4.61. The Balaban J connectivity index is 1.92. The number of pyridine rings is 1. The van der Waals surface area contributed by atoms with Crippen LogP contribution in [0.3, 0.4) is 0 Å². The number of nitrogens with two attached hydrogens (primary N) is 2. The molecule has 1 heterocycles. The van der Waals surface area contributed by atoms with Crippen molar-refractivity contribution in [2.24, 2.45) is 11.5 Å². The number of aromatic nitrogens is 1. The molecule has 6 nitrogen and oxygen atoms in total. The summed E-state index contributed by atoms with van der Waals surface area (Å²) in [5.74, 6) is -1.33. The van der Waals surface area contributed by atoms with E-state index in [9.17, 15) is 9.18 Å². The van der Waals surface area contributed by atoms with E-state index in [1.165, 1.54) is 0 Å². The highest BCUT2D eigenvalue weighted by molar-refractivity contribution is 6.42. The maximum atomic E-state index is 14.5. The Hall–Kier alpha value is -2.09. The molecule has 6 N–H and O–H groups in total. The molecular weight excluding hydrogens is 392 g/mol. The second-order valence-corrected chi connectivity index (χ2v) is 7.35. The predicted octanol–water partition coefficient (Wildman–Crippen LogP) is 4.05. The van der Waals surface area contributed by atoms with Crippen LogP contribution in [0.15, 0.2) is 24.3 Å². The molecule has 1 aromatic carbocycles. The van der Waals surface area contributed by atoms with Crippen LogP contribution in [0.25, 0.3) is 0 Å². The SMILES string of the molecule is NC(=O)c1cc(F)c(NC2CCCCC2N)nc1Nc1ccc(Cl)c(Cl)c1. The lowest BCUT2D eigenvalue weighted by molar-refractivity contribution is 0.100. The van der Waals surface area contributed by atoms with Crippen LogP contribution < -0.4 is 22.1 Å². The Labute approximate surface area is 166 Å². The van der Waals surface area contributed by atoms with Crippen LogP contribution in [0.1, 0.15) is 36.0 Å². The van der Waals surface area contributed by atoms with E-state index in [1.54, 1.807) is 18.2 Å². The van der Waals surface area contributed by atoms with Crippen molar-refractivity contribution in [3.8, 4) is 0 Å². The van der Waals surface area contributed by atoms with Gasteiger partial charge in [-0.25, -0.2) is 9.37 Å². The highest BCUT2D eigenvalue weighted by atomic mass is 35.5. The summed E-state index contributed by atoms with van der Waals surface area (Å²) in [5.41, 5.74) is 12.0. The summed E-state index contributed by atoms with van der Waals surface area (Å²) in [5, 5.41) is 6.72.